The van der Waals surface area contributed by atoms with E-state index in [1.54, 1.807) is 55.6 Å². The molecule has 6 heteroatoms. The average molecular weight is 354 g/mol. The molecule has 1 heterocycles. The minimum absolute atomic E-state index is 0.226. The number of amides is 1. The van der Waals surface area contributed by atoms with Crippen LogP contribution < -0.4 is 15.4 Å². The summed E-state index contributed by atoms with van der Waals surface area (Å²) in [5, 5.41) is 6.63. The van der Waals surface area contributed by atoms with Gasteiger partial charge in [0, 0.05) is 22.6 Å². The lowest BCUT2D eigenvalue weighted by molar-refractivity contribution is 0.102. The highest BCUT2D eigenvalue weighted by atomic mass is 35.5. The third-order valence-corrected chi connectivity index (χ3v) is 3.74. The third kappa shape index (κ3) is 4.49. The highest BCUT2D eigenvalue weighted by Crippen LogP contribution is 2.19. The molecule has 0 fully saturated rings. The SMILES string of the molecule is COc1ccc(NC(=O)c2ccc(Nc3ccc(Cl)cc3)nc2)cc1. The molecule has 126 valence electrons. The van der Waals surface area contributed by atoms with E-state index in [9.17, 15) is 4.79 Å². The molecule has 0 spiro atoms. The molecule has 0 bridgehead atoms. The molecule has 3 aromatic rings. The van der Waals surface area contributed by atoms with Gasteiger partial charge in [0.25, 0.3) is 5.91 Å². The van der Waals surface area contributed by atoms with Crippen LogP contribution in [0.15, 0.2) is 66.9 Å². The van der Waals surface area contributed by atoms with Crippen molar-refractivity contribution in [3.05, 3.63) is 77.4 Å². The van der Waals surface area contributed by atoms with Crippen molar-refractivity contribution in [1.29, 1.82) is 0 Å². The Morgan fingerprint density at radius 2 is 1.64 bits per heavy atom. The van der Waals surface area contributed by atoms with Gasteiger partial charge in [-0.2, -0.15) is 0 Å². The predicted molar refractivity (Wildman–Crippen MR) is 99.9 cm³/mol. The third-order valence-electron chi connectivity index (χ3n) is 3.49. The van der Waals surface area contributed by atoms with Crippen LogP contribution in [0.5, 0.6) is 5.75 Å². The summed E-state index contributed by atoms with van der Waals surface area (Å²) in [6, 6.07) is 17.9. The number of hydrogen-bond donors (Lipinski definition) is 2. The van der Waals surface area contributed by atoms with Crippen LogP contribution in [0.4, 0.5) is 17.2 Å². The molecule has 25 heavy (non-hydrogen) atoms. The van der Waals surface area contributed by atoms with E-state index in [1.807, 2.05) is 12.1 Å². The van der Waals surface area contributed by atoms with Crippen molar-refractivity contribution in [2.24, 2.45) is 0 Å². The number of hydrogen-bond acceptors (Lipinski definition) is 4. The Labute approximate surface area is 150 Å². The quantitative estimate of drug-likeness (QED) is 0.695. The number of halogens is 1. The van der Waals surface area contributed by atoms with Gasteiger partial charge in [-0.05, 0) is 60.7 Å². The number of rotatable bonds is 5. The number of methoxy groups -OCH3 is 1. The van der Waals surface area contributed by atoms with Gasteiger partial charge in [0.15, 0.2) is 0 Å². The predicted octanol–water partition coefficient (Wildman–Crippen LogP) is 4.74. The molecule has 0 saturated heterocycles. The van der Waals surface area contributed by atoms with Gasteiger partial charge in [0.1, 0.15) is 11.6 Å². The van der Waals surface area contributed by atoms with Crippen molar-refractivity contribution < 1.29 is 9.53 Å². The highest BCUT2D eigenvalue weighted by molar-refractivity contribution is 6.30. The van der Waals surface area contributed by atoms with E-state index in [1.165, 1.54) is 6.20 Å². The summed E-state index contributed by atoms with van der Waals surface area (Å²) < 4.78 is 5.09. The first-order valence-corrected chi connectivity index (χ1v) is 7.96. The van der Waals surface area contributed by atoms with Crippen LogP contribution in [0.2, 0.25) is 5.02 Å². The fourth-order valence-electron chi connectivity index (χ4n) is 2.16. The van der Waals surface area contributed by atoms with Crippen LogP contribution in [0.3, 0.4) is 0 Å². The monoisotopic (exact) mass is 353 g/mol. The maximum atomic E-state index is 12.3. The Balaban J connectivity index is 1.64. The molecule has 0 aliphatic rings. The molecular weight excluding hydrogens is 338 g/mol. The lowest BCUT2D eigenvalue weighted by Gasteiger charge is -2.08. The summed E-state index contributed by atoms with van der Waals surface area (Å²) in [6.07, 6.45) is 1.52. The second kappa shape index (κ2) is 7.68. The number of nitrogens with zero attached hydrogens (tertiary/aromatic N) is 1. The number of aromatic nitrogens is 1. The molecular formula is C19H16ClN3O2. The van der Waals surface area contributed by atoms with Crippen molar-refractivity contribution in [3.63, 3.8) is 0 Å². The second-order valence-electron chi connectivity index (χ2n) is 5.25. The Morgan fingerprint density at radius 3 is 2.24 bits per heavy atom. The lowest BCUT2D eigenvalue weighted by Crippen LogP contribution is -2.12. The maximum Gasteiger partial charge on any atom is 0.257 e. The molecule has 1 amide bonds. The fraction of sp³-hybridized carbons (Fsp3) is 0.0526. The molecule has 2 N–H and O–H groups in total. The first-order chi connectivity index (χ1) is 12.1. The van der Waals surface area contributed by atoms with Gasteiger partial charge in [-0.3, -0.25) is 4.79 Å². The fourth-order valence-corrected chi connectivity index (χ4v) is 2.29. The molecule has 0 atom stereocenters. The maximum absolute atomic E-state index is 12.3. The van der Waals surface area contributed by atoms with E-state index in [0.29, 0.717) is 22.1 Å². The van der Waals surface area contributed by atoms with Crippen LogP contribution in [-0.4, -0.2) is 18.0 Å². The van der Waals surface area contributed by atoms with Crippen molar-refractivity contribution in [3.8, 4) is 5.75 Å². The van der Waals surface area contributed by atoms with Crippen LogP contribution in [0.25, 0.3) is 0 Å². The first-order valence-electron chi connectivity index (χ1n) is 7.58. The Hall–Kier alpha value is -3.05. The summed E-state index contributed by atoms with van der Waals surface area (Å²) in [5.74, 6) is 1.15. The van der Waals surface area contributed by atoms with Gasteiger partial charge in [0.05, 0.1) is 12.7 Å². The van der Waals surface area contributed by atoms with Crippen molar-refractivity contribution in [1.82, 2.24) is 4.98 Å². The van der Waals surface area contributed by atoms with Crippen LogP contribution in [0.1, 0.15) is 10.4 Å². The van der Waals surface area contributed by atoms with Gasteiger partial charge in [-0.25, -0.2) is 4.98 Å². The van der Waals surface area contributed by atoms with Crippen molar-refractivity contribution in [2.45, 2.75) is 0 Å². The minimum atomic E-state index is -0.226. The van der Waals surface area contributed by atoms with Gasteiger partial charge in [-0.15, -0.1) is 0 Å². The Bertz CT molecular complexity index is 847. The average Bonchev–Trinajstić information content (AvgIpc) is 2.65. The molecule has 2 aromatic carbocycles. The van der Waals surface area contributed by atoms with E-state index in [2.05, 4.69) is 15.6 Å². The molecule has 0 radical (unpaired) electrons. The van der Waals surface area contributed by atoms with Gasteiger partial charge >= 0.3 is 0 Å². The van der Waals surface area contributed by atoms with E-state index >= 15 is 0 Å². The second-order valence-corrected chi connectivity index (χ2v) is 5.68. The molecule has 0 unspecified atom stereocenters. The number of ether oxygens (including phenoxy) is 1. The summed E-state index contributed by atoms with van der Waals surface area (Å²) >= 11 is 5.86. The van der Waals surface area contributed by atoms with Crippen LogP contribution in [-0.2, 0) is 0 Å². The van der Waals surface area contributed by atoms with Crippen molar-refractivity contribution >= 4 is 34.7 Å². The van der Waals surface area contributed by atoms with E-state index in [0.717, 1.165) is 11.4 Å². The number of carbonyl (C=O) groups is 1. The molecule has 0 saturated carbocycles. The topological polar surface area (TPSA) is 63.2 Å². The van der Waals surface area contributed by atoms with Gasteiger partial charge in [-0.1, -0.05) is 11.6 Å². The molecule has 3 rings (SSSR count). The summed E-state index contributed by atoms with van der Waals surface area (Å²) in [7, 11) is 1.60. The standard InChI is InChI=1S/C19H16ClN3O2/c1-25-17-9-7-16(8-10-17)23-19(24)13-2-11-18(21-12-13)22-15-5-3-14(20)4-6-15/h2-12H,1H3,(H,21,22)(H,23,24). The van der Waals surface area contributed by atoms with Crippen molar-refractivity contribution in [2.75, 3.05) is 17.7 Å². The smallest absolute Gasteiger partial charge is 0.257 e. The number of nitrogens with one attached hydrogen (secondary N) is 2. The number of anilines is 3. The van der Waals surface area contributed by atoms with Crippen LogP contribution in [0, 0.1) is 0 Å². The summed E-state index contributed by atoms with van der Waals surface area (Å²) in [4.78, 5) is 16.5. The summed E-state index contributed by atoms with van der Waals surface area (Å²) in [5.41, 5.74) is 2.03. The molecule has 5 nitrogen and oxygen atoms in total. The van der Waals surface area contributed by atoms with E-state index in [4.69, 9.17) is 16.3 Å². The normalized spacial score (nSPS) is 10.2. The Kier molecular flexibility index (Phi) is 5.16. The highest BCUT2D eigenvalue weighted by Gasteiger charge is 2.07. The van der Waals surface area contributed by atoms with Gasteiger partial charge < -0.3 is 15.4 Å². The largest absolute Gasteiger partial charge is 0.497 e. The lowest BCUT2D eigenvalue weighted by atomic mass is 10.2. The number of benzene rings is 2. The van der Waals surface area contributed by atoms with Crippen LogP contribution >= 0.6 is 11.6 Å². The molecule has 0 aliphatic heterocycles. The zero-order valence-corrected chi connectivity index (χ0v) is 14.2. The molecule has 0 aliphatic carbocycles. The molecule has 1 aromatic heterocycles. The zero-order chi connectivity index (χ0) is 17.6. The van der Waals surface area contributed by atoms with Gasteiger partial charge in [0.2, 0.25) is 0 Å². The number of pyridine rings is 1. The van der Waals surface area contributed by atoms with E-state index < -0.39 is 0 Å². The van der Waals surface area contributed by atoms with E-state index in [-0.39, 0.29) is 5.91 Å². The minimum Gasteiger partial charge on any atom is -0.497 e. The zero-order valence-electron chi connectivity index (χ0n) is 13.5. The Morgan fingerprint density at radius 1 is 0.960 bits per heavy atom. The first kappa shape index (κ1) is 16.8. The number of carbonyl (C=O) groups excluding carboxylic acids is 1. The summed E-state index contributed by atoms with van der Waals surface area (Å²) in [6.45, 7) is 0.